The fraction of sp³-hybridized carbons (Fsp3) is 0.273. The summed E-state index contributed by atoms with van der Waals surface area (Å²) in [6, 6.07) is 0. The van der Waals surface area contributed by atoms with Gasteiger partial charge in [-0.3, -0.25) is 4.57 Å². The van der Waals surface area contributed by atoms with Crippen LogP contribution in [0.2, 0.25) is 0 Å². The first kappa shape index (κ1) is 11.2. The first-order valence-corrected chi connectivity index (χ1v) is 4.74. The Kier molecular flexibility index (Phi) is 3.85. The number of esters is 1. The molecule has 0 aliphatic carbocycles. The van der Waals surface area contributed by atoms with Crippen LogP contribution in [-0.2, 0) is 4.74 Å². The van der Waals surface area contributed by atoms with Crippen LogP contribution in [0.25, 0.3) is 12.3 Å². The van der Waals surface area contributed by atoms with Crippen molar-refractivity contribution in [3.63, 3.8) is 0 Å². The normalized spacial score (nSPS) is 10.5. The molecule has 80 valence electrons. The van der Waals surface area contributed by atoms with Crippen molar-refractivity contribution in [1.29, 1.82) is 0 Å². The molecule has 0 atom stereocenters. The van der Waals surface area contributed by atoms with Gasteiger partial charge in [-0.1, -0.05) is 12.7 Å². The molecule has 1 heterocycles. The summed E-state index contributed by atoms with van der Waals surface area (Å²) < 4.78 is 6.46. The summed E-state index contributed by atoms with van der Waals surface area (Å²) in [5.74, 6) is -0.187. The second-order valence-corrected chi connectivity index (χ2v) is 2.78. The van der Waals surface area contributed by atoms with Gasteiger partial charge in [0.05, 0.1) is 18.5 Å². The maximum atomic E-state index is 11.5. The van der Waals surface area contributed by atoms with E-state index >= 15 is 0 Å². The summed E-state index contributed by atoms with van der Waals surface area (Å²) in [6.45, 7) is 7.61. The van der Waals surface area contributed by atoms with Crippen LogP contribution in [0, 0.1) is 0 Å². The molecule has 4 heteroatoms. The number of carbonyl (C=O) groups excluding carboxylic acids is 1. The van der Waals surface area contributed by atoms with Crippen molar-refractivity contribution in [2.24, 2.45) is 0 Å². The van der Waals surface area contributed by atoms with Crippen LogP contribution in [-0.4, -0.2) is 22.1 Å². The number of hydrogen-bond acceptors (Lipinski definition) is 3. The van der Waals surface area contributed by atoms with Crippen molar-refractivity contribution >= 4 is 18.2 Å². The highest BCUT2D eigenvalue weighted by molar-refractivity contribution is 5.87. The van der Waals surface area contributed by atoms with Crippen molar-refractivity contribution < 1.29 is 9.53 Å². The maximum absolute atomic E-state index is 11.5. The Morgan fingerprint density at radius 2 is 2.47 bits per heavy atom. The number of ether oxygens (including phenoxy) is 1. The number of imidazole rings is 1. The minimum absolute atomic E-state index is 0.250. The summed E-state index contributed by atoms with van der Waals surface area (Å²) in [5.41, 5.74) is 0.801. The Bertz CT molecular complexity index is 391. The fourth-order valence-electron chi connectivity index (χ4n) is 1.21. The van der Waals surface area contributed by atoms with Crippen molar-refractivity contribution in [3.8, 4) is 0 Å². The number of carbonyl (C=O) groups is 1. The average Bonchev–Trinajstić information content (AvgIpc) is 2.62. The zero-order valence-electron chi connectivity index (χ0n) is 8.93. The van der Waals surface area contributed by atoms with Gasteiger partial charge in [0.1, 0.15) is 0 Å². The predicted molar refractivity (Wildman–Crippen MR) is 59.3 cm³/mol. The van der Waals surface area contributed by atoms with E-state index in [1.807, 2.05) is 19.1 Å². The minimum Gasteiger partial charge on any atom is -0.460 e. The third-order valence-electron chi connectivity index (χ3n) is 1.80. The quantitative estimate of drug-likeness (QED) is 0.709. The molecule has 0 fully saturated rings. The first-order valence-electron chi connectivity index (χ1n) is 4.74. The Morgan fingerprint density at radius 1 is 1.73 bits per heavy atom. The van der Waals surface area contributed by atoms with Gasteiger partial charge in [-0.15, -0.1) is 0 Å². The average molecular weight is 206 g/mol. The molecule has 0 radical (unpaired) electrons. The minimum atomic E-state index is -0.437. The van der Waals surface area contributed by atoms with Crippen LogP contribution in [0.1, 0.15) is 30.2 Å². The first-order chi connectivity index (χ1) is 7.24. The van der Waals surface area contributed by atoms with E-state index < -0.39 is 5.97 Å². The summed E-state index contributed by atoms with van der Waals surface area (Å²) >= 11 is 0. The lowest BCUT2D eigenvalue weighted by Gasteiger charge is -2.03. The topological polar surface area (TPSA) is 44.1 Å². The van der Waals surface area contributed by atoms with E-state index in [1.54, 1.807) is 17.7 Å². The van der Waals surface area contributed by atoms with E-state index in [4.69, 9.17) is 4.74 Å². The Labute approximate surface area is 88.9 Å². The molecule has 1 aromatic heterocycles. The van der Waals surface area contributed by atoms with Gasteiger partial charge in [-0.05, 0) is 19.9 Å². The Morgan fingerprint density at radius 3 is 3.00 bits per heavy atom. The number of nitrogens with zero attached hydrogens (tertiary/aromatic N) is 2. The van der Waals surface area contributed by atoms with E-state index in [-0.39, 0.29) is 5.82 Å². The summed E-state index contributed by atoms with van der Waals surface area (Å²) in [4.78, 5) is 15.5. The van der Waals surface area contributed by atoms with E-state index in [1.165, 1.54) is 6.20 Å². The van der Waals surface area contributed by atoms with Crippen LogP contribution in [0.5, 0.6) is 0 Å². The highest BCUT2D eigenvalue weighted by Crippen LogP contribution is 2.09. The van der Waals surface area contributed by atoms with Gasteiger partial charge in [-0.2, -0.15) is 0 Å². The largest absolute Gasteiger partial charge is 0.460 e. The van der Waals surface area contributed by atoms with Crippen LogP contribution in [0.3, 0.4) is 0 Å². The van der Waals surface area contributed by atoms with Crippen molar-refractivity contribution in [1.82, 2.24) is 9.55 Å². The summed E-state index contributed by atoms with van der Waals surface area (Å²) in [5, 5.41) is 0. The molecule has 1 rings (SSSR count). The molecule has 0 aliphatic rings. The second-order valence-electron chi connectivity index (χ2n) is 2.78. The van der Waals surface area contributed by atoms with Gasteiger partial charge in [0.25, 0.3) is 0 Å². The highest BCUT2D eigenvalue weighted by Gasteiger charge is 2.14. The molecule has 4 nitrogen and oxygen atoms in total. The lowest BCUT2D eigenvalue weighted by Crippen LogP contribution is -2.11. The van der Waals surface area contributed by atoms with E-state index in [2.05, 4.69) is 11.6 Å². The number of allylic oxidation sites excluding steroid dienone is 1. The van der Waals surface area contributed by atoms with Gasteiger partial charge in [0.15, 0.2) is 0 Å². The molecular weight excluding hydrogens is 192 g/mol. The molecule has 0 bridgehead atoms. The molecule has 0 N–H and O–H groups in total. The number of aromatic nitrogens is 2. The zero-order chi connectivity index (χ0) is 11.3. The Hall–Kier alpha value is -1.84. The van der Waals surface area contributed by atoms with Crippen LogP contribution in [0.15, 0.2) is 18.9 Å². The van der Waals surface area contributed by atoms with Crippen LogP contribution >= 0.6 is 0 Å². The van der Waals surface area contributed by atoms with Crippen molar-refractivity contribution in [3.05, 3.63) is 30.4 Å². The third kappa shape index (κ3) is 2.34. The molecule has 0 saturated carbocycles. The van der Waals surface area contributed by atoms with E-state index in [0.717, 1.165) is 5.69 Å². The molecule has 0 aliphatic heterocycles. The van der Waals surface area contributed by atoms with Crippen molar-refractivity contribution in [2.75, 3.05) is 6.61 Å². The second kappa shape index (κ2) is 5.14. The van der Waals surface area contributed by atoms with Gasteiger partial charge in [-0.25, -0.2) is 9.78 Å². The fourth-order valence-corrected chi connectivity index (χ4v) is 1.21. The molecule has 15 heavy (non-hydrogen) atoms. The van der Waals surface area contributed by atoms with E-state index in [9.17, 15) is 4.79 Å². The van der Waals surface area contributed by atoms with Crippen LogP contribution in [0.4, 0.5) is 0 Å². The molecule has 0 aromatic carbocycles. The van der Waals surface area contributed by atoms with E-state index in [0.29, 0.717) is 6.61 Å². The predicted octanol–water partition coefficient (Wildman–Crippen LogP) is 2.19. The zero-order valence-corrected chi connectivity index (χ0v) is 8.93. The highest BCUT2D eigenvalue weighted by atomic mass is 16.5. The third-order valence-corrected chi connectivity index (χ3v) is 1.80. The molecule has 0 saturated heterocycles. The Balaban J connectivity index is 3.08. The van der Waals surface area contributed by atoms with Crippen LogP contribution < -0.4 is 0 Å². The number of rotatable bonds is 4. The summed E-state index contributed by atoms with van der Waals surface area (Å²) in [7, 11) is 0. The lowest BCUT2D eigenvalue weighted by atomic mass is 10.4. The van der Waals surface area contributed by atoms with Crippen molar-refractivity contribution in [2.45, 2.75) is 13.8 Å². The van der Waals surface area contributed by atoms with Gasteiger partial charge in [0.2, 0.25) is 5.82 Å². The molecule has 0 amide bonds. The SMILES string of the molecule is C=Cn1c(/C=C\C)cnc1C(=O)OCC. The molecule has 1 aromatic rings. The molecule has 0 spiro atoms. The van der Waals surface area contributed by atoms with Gasteiger partial charge in [0, 0.05) is 6.20 Å². The maximum Gasteiger partial charge on any atom is 0.374 e. The lowest BCUT2D eigenvalue weighted by molar-refractivity contribution is 0.0510. The van der Waals surface area contributed by atoms with Gasteiger partial charge >= 0.3 is 5.97 Å². The summed E-state index contributed by atoms with van der Waals surface area (Å²) in [6.07, 6.45) is 6.85. The van der Waals surface area contributed by atoms with Gasteiger partial charge < -0.3 is 4.74 Å². The standard InChI is InChI=1S/C11H14N2O2/c1-4-7-9-8-12-10(13(9)5-2)11(14)15-6-3/h4-5,7-8H,2,6H2,1,3H3/b7-4-. The molecule has 0 unspecified atom stereocenters. The monoisotopic (exact) mass is 206 g/mol. The number of hydrogen-bond donors (Lipinski definition) is 0. The smallest absolute Gasteiger partial charge is 0.374 e. The molecular formula is C11H14N2O2.